The number of aromatic nitrogens is 1. The van der Waals surface area contributed by atoms with E-state index in [0.717, 1.165) is 62.7 Å². The van der Waals surface area contributed by atoms with E-state index in [1.54, 1.807) is 9.91 Å². The first-order chi connectivity index (χ1) is 17.0. The van der Waals surface area contributed by atoms with Crippen LogP contribution in [-0.2, 0) is 21.4 Å². The Labute approximate surface area is 207 Å². The maximum atomic E-state index is 13.7. The lowest BCUT2D eigenvalue weighted by atomic mass is 9.99. The van der Waals surface area contributed by atoms with Crippen LogP contribution >= 0.6 is 0 Å². The zero-order chi connectivity index (χ0) is 24.4. The van der Waals surface area contributed by atoms with Crippen LogP contribution in [0.2, 0.25) is 0 Å². The molecule has 1 saturated heterocycles. The van der Waals surface area contributed by atoms with Crippen molar-refractivity contribution >= 4 is 17.5 Å². The second-order valence-electron chi connectivity index (χ2n) is 9.91. The number of ether oxygens (including phenoxy) is 1. The molecule has 8 nitrogen and oxygen atoms in total. The number of amides is 2. The quantitative estimate of drug-likeness (QED) is 0.586. The molecule has 0 unspecified atom stereocenters. The van der Waals surface area contributed by atoms with Gasteiger partial charge in [-0.25, -0.2) is 5.01 Å². The van der Waals surface area contributed by atoms with E-state index in [0.29, 0.717) is 13.0 Å². The van der Waals surface area contributed by atoms with Crippen LogP contribution in [-0.4, -0.2) is 82.8 Å². The van der Waals surface area contributed by atoms with Gasteiger partial charge in [0, 0.05) is 51.8 Å². The minimum Gasteiger partial charge on any atom is -0.379 e. The molecule has 2 amide bonds. The van der Waals surface area contributed by atoms with Gasteiger partial charge in [-0.2, -0.15) is 5.10 Å². The molecule has 35 heavy (non-hydrogen) atoms. The monoisotopic (exact) mass is 477 g/mol. The molecule has 8 heteroatoms. The van der Waals surface area contributed by atoms with Gasteiger partial charge in [-0.1, -0.05) is 29.8 Å². The number of nitrogens with zero attached hydrogens (tertiary/aromatic N) is 5. The lowest BCUT2D eigenvalue weighted by Gasteiger charge is -2.31. The van der Waals surface area contributed by atoms with Crippen molar-refractivity contribution < 1.29 is 14.3 Å². The highest BCUT2D eigenvalue weighted by Gasteiger charge is 2.38. The average Bonchev–Trinajstić information content (AvgIpc) is 3.49. The molecular formula is C27H35N5O3. The lowest BCUT2D eigenvalue weighted by Crippen LogP contribution is -2.47. The van der Waals surface area contributed by atoms with E-state index in [9.17, 15) is 9.59 Å². The van der Waals surface area contributed by atoms with E-state index in [1.807, 2.05) is 29.9 Å². The summed E-state index contributed by atoms with van der Waals surface area (Å²) in [6.45, 7) is 6.61. The smallest absolute Gasteiger partial charge is 0.262 e. The third-order valence-corrected chi connectivity index (χ3v) is 7.22. The summed E-state index contributed by atoms with van der Waals surface area (Å²) in [5.74, 6) is 0.0430. The Hall–Kier alpha value is -2.97. The van der Waals surface area contributed by atoms with Crippen LogP contribution in [0.5, 0.6) is 0 Å². The van der Waals surface area contributed by atoms with E-state index in [1.165, 1.54) is 5.56 Å². The molecular weight excluding hydrogens is 442 g/mol. The van der Waals surface area contributed by atoms with Crippen molar-refractivity contribution in [3.63, 3.8) is 0 Å². The van der Waals surface area contributed by atoms with Crippen molar-refractivity contribution in [2.75, 3.05) is 45.9 Å². The van der Waals surface area contributed by atoms with Gasteiger partial charge in [0.2, 0.25) is 5.91 Å². The number of hydrogen-bond donors (Lipinski definition) is 0. The largest absolute Gasteiger partial charge is 0.379 e. The molecule has 2 fully saturated rings. The predicted molar refractivity (Wildman–Crippen MR) is 134 cm³/mol. The summed E-state index contributed by atoms with van der Waals surface area (Å²) in [5.41, 5.74) is 4.14. The van der Waals surface area contributed by atoms with Gasteiger partial charge >= 0.3 is 0 Å². The van der Waals surface area contributed by atoms with E-state index in [2.05, 4.69) is 36.1 Å². The van der Waals surface area contributed by atoms with Crippen molar-refractivity contribution in [2.45, 2.75) is 32.2 Å². The summed E-state index contributed by atoms with van der Waals surface area (Å²) in [6.07, 6.45) is 4.49. The van der Waals surface area contributed by atoms with Crippen LogP contribution in [0.1, 0.15) is 42.1 Å². The molecule has 0 N–H and O–H groups in total. The Morgan fingerprint density at radius 2 is 1.86 bits per heavy atom. The summed E-state index contributed by atoms with van der Waals surface area (Å²) >= 11 is 0. The number of rotatable bonds is 8. The van der Waals surface area contributed by atoms with Crippen molar-refractivity contribution in [3.8, 4) is 0 Å². The number of carbonyl (C=O) groups is 2. The zero-order valence-electron chi connectivity index (χ0n) is 20.7. The van der Waals surface area contributed by atoms with Crippen LogP contribution in [0.4, 0.5) is 0 Å². The fourth-order valence-electron chi connectivity index (χ4n) is 4.88. The number of morpholine rings is 1. The number of aryl methyl sites for hydroxylation is 2. The first-order valence-electron chi connectivity index (χ1n) is 12.7. The number of carbonyl (C=O) groups excluding carboxylic acids is 2. The summed E-state index contributed by atoms with van der Waals surface area (Å²) in [6, 6.07) is 12.2. The fourth-order valence-corrected chi connectivity index (χ4v) is 4.88. The lowest BCUT2D eigenvalue weighted by molar-refractivity contribution is -0.142. The minimum absolute atomic E-state index is 0.0615. The Kier molecular flexibility index (Phi) is 7.02. The molecule has 3 heterocycles. The highest BCUT2D eigenvalue weighted by atomic mass is 16.5. The molecule has 1 aromatic heterocycles. The molecule has 1 saturated carbocycles. The summed E-state index contributed by atoms with van der Waals surface area (Å²) in [5, 5.41) is 6.43. The standard InChI is InChI=1S/C27H35N5O3/c1-20-5-7-21(8-6-20)25-18-23(24-4-3-11-29(24)2)28-32(25)26(33)19-31(27(34)22-9-10-22)13-12-30-14-16-35-17-15-30/h3-8,11,22,25H,9-10,12-19H2,1-2H3/t25-/m0/s1. The highest BCUT2D eigenvalue weighted by molar-refractivity contribution is 6.02. The fraction of sp³-hybridized carbons (Fsp3) is 0.519. The number of hydrogen-bond acceptors (Lipinski definition) is 5. The molecule has 2 aromatic rings. The molecule has 1 atom stereocenters. The first-order valence-corrected chi connectivity index (χ1v) is 12.7. The first kappa shape index (κ1) is 23.8. The Balaban J connectivity index is 1.35. The highest BCUT2D eigenvalue weighted by Crippen LogP contribution is 2.34. The Morgan fingerprint density at radius 3 is 2.51 bits per heavy atom. The maximum absolute atomic E-state index is 13.7. The van der Waals surface area contributed by atoms with Crippen LogP contribution in [0.15, 0.2) is 47.7 Å². The molecule has 0 spiro atoms. The van der Waals surface area contributed by atoms with E-state index in [4.69, 9.17) is 9.84 Å². The van der Waals surface area contributed by atoms with Gasteiger partial charge in [0.25, 0.3) is 5.91 Å². The molecule has 1 aliphatic carbocycles. The molecule has 1 aromatic carbocycles. The molecule has 0 radical (unpaired) electrons. The van der Waals surface area contributed by atoms with Gasteiger partial charge in [0.15, 0.2) is 0 Å². The molecule has 2 aliphatic heterocycles. The van der Waals surface area contributed by atoms with Gasteiger partial charge in [-0.3, -0.25) is 14.5 Å². The number of benzene rings is 1. The van der Waals surface area contributed by atoms with Crippen LogP contribution < -0.4 is 0 Å². The minimum atomic E-state index is -0.176. The summed E-state index contributed by atoms with van der Waals surface area (Å²) in [4.78, 5) is 30.8. The van der Waals surface area contributed by atoms with Crippen LogP contribution in [0.3, 0.4) is 0 Å². The van der Waals surface area contributed by atoms with Gasteiger partial charge in [0.05, 0.1) is 30.7 Å². The van der Waals surface area contributed by atoms with Crippen molar-refractivity contribution in [1.29, 1.82) is 0 Å². The number of hydrazone groups is 1. The normalized spacial score (nSPS) is 20.7. The van der Waals surface area contributed by atoms with Gasteiger partial charge in [0.1, 0.15) is 6.54 Å². The van der Waals surface area contributed by atoms with Crippen molar-refractivity contribution in [1.82, 2.24) is 19.4 Å². The topological polar surface area (TPSA) is 70.4 Å². The van der Waals surface area contributed by atoms with E-state index in [-0.39, 0.29) is 30.3 Å². The molecule has 186 valence electrons. The third kappa shape index (κ3) is 5.49. The predicted octanol–water partition coefficient (Wildman–Crippen LogP) is 2.58. The van der Waals surface area contributed by atoms with Gasteiger partial charge < -0.3 is 14.2 Å². The van der Waals surface area contributed by atoms with Crippen molar-refractivity contribution in [3.05, 3.63) is 59.4 Å². The SMILES string of the molecule is Cc1ccc([C@@H]2CC(c3cccn3C)=NN2C(=O)CN(CCN2CCOCC2)C(=O)C2CC2)cc1. The molecule has 3 aliphatic rings. The second kappa shape index (κ2) is 10.3. The third-order valence-electron chi connectivity index (χ3n) is 7.22. The molecule has 5 rings (SSSR count). The maximum Gasteiger partial charge on any atom is 0.262 e. The second-order valence-corrected chi connectivity index (χ2v) is 9.91. The summed E-state index contributed by atoms with van der Waals surface area (Å²) < 4.78 is 7.48. The van der Waals surface area contributed by atoms with E-state index < -0.39 is 0 Å². The molecule has 0 bridgehead atoms. The summed E-state index contributed by atoms with van der Waals surface area (Å²) in [7, 11) is 1.99. The zero-order valence-corrected chi connectivity index (χ0v) is 20.7. The average molecular weight is 478 g/mol. The Bertz CT molecular complexity index is 1080. The van der Waals surface area contributed by atoms with Crippen molar-refractivity contribution in [2.24, 2.45) is 18.1 Å². The van der Waals surface area contributed by atoms with E-state index >= 15 is 0 Å². The van der Waals surface area contributed by atoms with Crippen LogP contribution in [0, 0.1) is 12.8 Å². The van der Waals surface area contributed by atoms with Crippen LogP contribution in [0.25, 0.3) is 0 Å². The van der Waals surface area contributed by atoms with Gasteiger partial charge in [-0.05, 0) is 37.5 Å². The van der Waals surface area contributed by atoms with Gasteiger partial charge in [-0.15, -0.1) is 0 Å². The Morgan fingerprint density at radius 1 is 1.11 bits per heavy atom.